The molecule has 10 nitrogen and oxygen atoms in total. The van der Waals surface area contributed by atoms with Crippen molar-refractivity contribution in [1.29, 1.82) is 0 Å². The number of nitrogens with zero attached hydrogens (tertiary/aromatic N) is 1. The molecule has 0 spiro atoms. The number of rotatable bonds is 7. The summed E-state index contributed by atoms with van der Waals surface area (Å²) < 4.78 is 107. The zero-order chi connectivity index (χ0) is 30.2. The number of aromatic nitrogens is 2. The molecule has 2 aromatic carbocycles. The lowest BCUT2D eigenvalue weighted by atomic mass is 10.0. The summed E-state index contributed by atoms with van der Waals surface area (Å²) in [5.74, 6) is -5.82. The van der Waals surface area contributed by atoms with Gasteiger partial charge in [0.15, 0.2) is 0 Å². The number of sulfonamides is 1. The maximum atomic E-state index is 13.0. The molecule has 2 heterocycles. The predicted molar refractivity (Wildman–Crippen MR) is 127 cm³/mol. The molecule has 4 rings (SSSR count). The highest BCUT2D eigenvalue weighted by molar-refractivity contribution is 7.90. The van der Waals surface area contributed by atoms with Crippen LogP contribution in [-0.2, 0) is 30.8 Å². The lowest BCUT2D eigenvalue weighted by Gasteiger charge is -2.18. The summed E-state index contributed by atoms with van der Waals surface area (Å²) in [6.45, 7) is 0. The molecule has 2 amide bonds. The molecule has 0 saturated carbocycles. The number of carbonyl (C=O) groups excluding carboxylic acids is 3. The number of hydrogen-bond acceptors (Lipinski definition) is 7. The van der Waals surface area contributed by atoms with Crippen molar-refractivity contribution in [2.75, 3.05) is 0 Å². The van der Waals surface area contributed by atoms with Gasteiger partial charge in [-0.1, -0.05) is 24.3 Å². The molecule has 0 aliphatic carbocycles. The lowest BCUT2D eigenvalue weighted by Crippen LogP contribution is -2.40. The second-order valence-electron chi connectivity index (χ2n) is 8.83. The third-order valence-electron chi connectivity index (χ3n) is 5.89. The zero-order valence-corrected chi connectivity index (χ0v) is 21.2. The Balaban J connectivity index is 1.54. The second-order valence-corrected chi connectivity index (χ2v) is 10.7. The standard InChI is InChI=1S/C24H18F6N4O6S/c25-23(26,27)21(36)33-16(9-12-1-3-14(4-2-12)18-10-19(35)34-41(18,38)39)20-31-11-17(32-20)13-5-7-15(8-6-13)40-22(37)24(28,29)30/h1-8,11,16,18H,9-10H2,(H,31,32)(H,33,36)(H,34,35). The molecule has 41 heavy (non-hydrogen) atoms. The third kappa shape index (κ3) is 7.03. The Kier molecular flexibility index (Phi) is 7.84. The fourth-order valence-electron chi connectivity index (χ4n) is 3.93. The van der Waals surface area contributed by atoms with E-state index in [4.69, 9.17) is 0 Å². The van der Waals surface area contributed by atoms with Gasteiger partial charge in [0.05, 0.1) is 24.4 Å². The molecule has 1 aliphatic rings. The van der Waals surface area contributed by atoms with Crippen molar-refractivity contribution in [1.82, 2.24) is 20.0 Å². The van der Waals surface area contributed by atoms with Crippen LogP contribution in [0.2, 0.25) is 0 Å². The van der Waals surface area contributed by atoms with Crippen LogP contribution in [0.5, 0.6) is 5.75 Å². The van der Waals surface area contributed by atoms with Crippen LogP contribution in [0.4, 0.5) is 26.3 Å². The highest BCUT2D eigenvalue weighted by Crippen LogP contribution is 2.31. The first-order chi connectivity index (χ1) is 19.0. The highest BCUT2D eigenvalue weighted by Gasteiger charge is 2.42. The Bertz CT molecular complexity index is 1570. The van der Waals surface area contributed by atoms with Crippen molar-refractivity contribution in [2.24, 2.45) is 0 Å². The van der Waals surface area contributed by atoms with Gasteiger partial charge in [0.1, 0.15) is 16.8 Å². The highest BCUT2D eigenvalue weighted by atomic mass is 32.2. The van der Waals surface area contributed by atoms with E-state index in [0.29, 0.717) is 11.1 Å². The molecular weight excluding hydrogens is 586 g/mol. The number of nitrogens with one attached hydrogen (secondary N) is 3. The van der Waals surface area contributed by atoms with E-state index in [1.807, 2.05) is 10.0 Å². The number of carbonyl (C=O) groups is 3. The number of esters is 1. The van der Waals surface area contributed by atoms with Gasteiger partial charge in [0.25, 0.3) is 0 Å². The van der Waals surface area contributed by atoms with Crippen LogP contribution in [0.3, 0.4) is 0 Å². The number of imidazole rings is 1. The fraction of sp³-hybridized carbons (Fsp3) is 0.250. The van der Waals surface area contributed by atoms with Gasteiger partial charge in [-0.3, -0.25) is 14.3 Å². The van der Waals surface area contributed by atoms with Gasteiger partial charge in [0, 0.05) is 0 Å². The van der Waals surface area contributed by atoms with Crippen LogP contribution in [-0.4, -0.2) is 48.5 Å². The first-order valence-corrected chi connectivity index (χ1v) is 13.0. The number of benzene rings is 2. The number of hydrogen-bond donors (Lipinski definition) is 3. The number of alkyl halides is 6. The van der Waals surface area contributed by atoms with E-state index in [1.165, 1.54) is 42.6 Å². The number of ether oxygens (including phenoxy) is 1. The fourth-order valence-corrected chi connectivity index (χ4v) is 5.36. The summed E-state index contributed by atoms with van der Waals surface area (Å²) in [5, 5.41) is 0.723. The van der Waals surface area contributed by atoms with Gasteiger partial charge < -0.3 is 15.0 Å². The monoisotopic (exact) mass is 604 g/mol. The van der Waals surface area contributed by atoms with Crippen LogP contribution >= 0.6 is 0 Å². The molecule has 0 radical (unpaired) electrons. The van der Waals surface area contributed by atoms with Crippen LogP contribution in [0.15, 0.2) is 54.7 Å². The molecule has 2 atom stereocenters. The lowest BCUT2D eigenvalue weighted by molar-refractivity contribution is -0.189. The van der Waals surface area contributed by atoms with Crippen molar-refractivity contribution in [3.63, 3.8) is 0 Å². The number of aromatic amines is 1. The van der Waals surface area contributed by atoms with E-state index in [0.717, 1.165) is 12.1 Å². The van der Waals surface area contributed by atoms with E-state index in [9.17, 15) is 49.1 Å². The van der Waals surface area contributed by atoms with Crippen LogP contribution in [0.25, 0.3) is 11.3 Å². The SMILES string of the molecule is O=C1CC(c2ccc(CC(NC(=O)C(F)(F)F)c3ncc(-c4ccc(OC(=O)C(F)(F)F)cc4)[nH]3)cc2)S(=O)(=O)N1. The summed E-state index contributed by atoms with van der Waals surface area (Å²) in [6.07, 6.45) is -9.69. The summed E-state index contributed by atoms with van der Waals surface area (Å²) >= 11 is 0. The maximum Gasteiger partial charge on any atom is 0.491 e. The molecule has 1 aromatic heterocycles. The third-order valence-corrected chi connectivity index (χ3v) is 7.59. The minimum Gasteiger partial charge on any atom is -0.420 e. The van der Waals surface area contributed by atoms with Crippen molar-refractivity contribution in [3.05, 3.63) is 71.7 Å². The molecule has 17 heteroatoms. The minimum absolute atomic E-state index is 0.0950. The Morgan fingerprint density at radius 1 is 1.00 bits per heavy atom. The minimum atomic E-state index is -5.21. The topological polar surface area (TPSA) is 147 Å². The van der Waals surface area contributed by atoms with Crippen LogP contribution in [0.1, 0.15) is 34.7 Å². The smallest absolute Gasteiger partial charge is 0.420 e. The summed E-state index contributed by atoms with van der Waals surface area (Å²) in [4.78, 5) is 41.0. The average Bonchev–Trinajstić information content (AvgIpc) is 3.47. The first kappa shape index (κ1) is 29.6. The van der Waals surface area contributed by atoms with E-state index in [-0.39, 0.29) is 29.9 Å². The second kappa shape index (κ2) is 10.9. The average molecular weight is 604 g/mol. The Hall–Kier alpha value is -4.41. The molecular formula is C24H18F6N4O6S. The van der Waals surface area contributed by atoms with Crippen molar-refractivity contribution >= 4 is 27.8 Å². The largest absolute Gasteiger partial charge is 0.491 e. The Morgan fingerprint density at radius 3 is 2.17 bits per heavy atom. The van der Waals surface area contributed by atoms with E-state index >= 15 is 0 Å². The van der Waals surface area contributed by atoms with Crippen molar-refractivity contribution in [2.45, 2.75) is 36.5 Å². The molecule has 3 N–H and O–H groups in total. The molecule has 3 aromatic rings. The van der Waals surface area contributed by atoms with Gasteiger partial charge >= 0.3 is 24.2 Å². The molecule has 2 unspecified atom stereocenters. The summed E-state index contributed by atoms with van der Waals surface area (Å²) in [6, 6.07) is 9.02. The van der Waals surface area contributed by atoms with E-state index in [1.54, 1.807) is 0 Å². The maximum absolute atomic E-state index is 13.0. The van der Waals surface area contributed by atoms with Gasteiger partial charge in [-0.2, -0.15) is 26.3 Å². The van der Waals surface area contributed by atoms with E-state index < -0.39 is 57.2 Å². The van der Waals surface area contributed by atoms with Gasteiger partial charge in [-0.25, -0.2) is 18.2 Å². The molecule has 1 aliphatic heterocycles. The quantitative estimate of drug-likeness (QED) is 0.213. The summed E-state index contributed by atoms with van der Waals surface area (Å²) in [5.41, 5.74) is 1.22. The van der Waals surface area contributed by atoms with Gasteiger partial charge in [-0.15, -0.1) is 0 Å². The Labute approximate surface area is 227 Å². The van der Waals surface area contributed by atoms with Gasteiger partial charge in [0.2, 0.25) is 15.9 Å². The molecule has 1 saturated heterocycles. The number of H-pyrrole nitrogens is 1. The van der Waals surface area contributed by atoms with E-state index in [2.05, 4.69) is 14.7 Å². The molecule has 218 valence electrons. The predicted octanol–water partition coefficient (Wildman–Crippen LogP) is 3.40. The normalized spacial score (nSPS) is 17.5. The molecule has 1 fully saturated rings. The van der Waals surface area contributed by atoms with Crippen LogP contribution in [0, 0.1) is 0 Å². The van der Waals surface area contributed by atoms with Crippen molar-refractivity contribution in [3.8, 4) is 17.0 Å². The van der Waals surface area contributed by atoms with Crippen molar-refractivity contribution < 1.29 is 53.9 Å². The Morgan fingerprint density at radius 2 is 1.63 bits per heavy atom. The number of halogens is 6. The summed E-state index contributed by atoms with van der Waals surface area (Å²) in [7, 11) is -3.91. The molecule has 0 bridgehead atoms. The first-order valence-electron chi connectivity index (χ1n) is 11.5. The number of amides is 2. The van der Waals surface area contributed by atoms with Gasteiger partial charge in [-0.05, 0) is 47.4 Å². The zero-order valence-electron chi connectivity index (χ0n) is 20.3. The van der Waals surface area contributed by atoms with Crippen LogP contribution < -0.4 is 14.8 Å².